The summed E-state index contributed by atoms with van der Waals surface area (Å²) in [6.07, 6.45) is 0. The molecule has 0 saturated carbocycles. The highest BCUT2D eigenvalue weighted by atomic mass is 16.2. The zero-order valence-electron chi connectivity index (χ0n) is 15.1. The number of fused-ring (bicyclic) bond motifs is 6. The fraction of sp³-hybridized carbons (Fsp3) is 0.286. The number of imide groups is 1. The molecule has 0 bridgehead atoms. The molecule has 0 aromatic heterocycles. The van der Waals surface area contributed by atoms with E-state index < -0.39 is 17.4 Å². The molecule has 3 aliphatic rings. The van der Waals surface area contributed by atoms with Gasteiger partial charge in [-0.05, 0) is 37.6 Å². The third kappa shape index (κ3) is 1.98. The van der Waals surface area contributed by atoms with E-state index in [1.807, 2.05) is 49.2 Å². The van der Waals surface area contributed by atoms with E-state index in [2.05, 4.69) is 0 Å². The van der Waals surface area contributed by atoms with Crippen LogP contribution in [0.5, 0.6) is 0 Å². The van der Waals surface area contributed by atoms with Crippen LogP contribution in [0.4, 0.5) is 11.4 Å². The summed E-state index contributed by atoms with van der Waals surface area (Å²) in [5.41, 5.74) is 1.55. The summed E-state index contributed by atoms with van der Waals surface area (Å²) >= 11 is 0. The van der Waals surface area contributed by atoms with Crippen molar-refractivity contribution in [2.45, 2.75) is 25.8 Å². The number of rotatable bonds is 1. The summed E-state index contributed by atoms with van der Waals surface area (Å²) in [7, 11) is 0. The normalized spacial score (nSPS) is 25.6. The first-order valence-corrected chi connectivity index (χ1v) is 9.05. The van der Waals surface area contributed by atoms with Crippen molar-refractivity contribution in [3.63, 3.8) is 0 Å². The van der Waals surface area contributed by atoms with Crippen LogP contribution in [0.25, 0.3) is 0 Å². The van der Waals surface area contributed by atoms with E-state index in [1.54, 1.807) is 24.3 Å². The van der Waals surface area contributed by atoms with Gasteiger partial charge in [0.25, 0.3) is 5.91 Å². The number of benzene rings is 2. The van der Waals surface area contributed by atoms with E-state index >= 15 is 0 Å². The molecule has 2 saturated heterocycles. The molecule has 6 nitrogen and oxygen atoms in total. The zero-order valence-corrected chi connectivity index (χ0v) is 15.1. The van der Waals surface area contributed by atoms with Crippen LogP contribution in [0.2, 0.25) is 0 Å². The van der Waals surface area contributed by atoms with Gasteiger partial charge in [-0.2, -0.15) is 0 Å². The second kappa shape index (κ2) is 5.19. The van der Waals surface area contributed by atoms with Gasteiger partial charge in [0, 0.05) is 0 Å². The van der Waals surface area contributed by atoms with Crippen LogP contribution >= 0.6 is 0 Å². The molecule has 0 N–H and O–H groups in total. The van der Waals surface area contributed by atoms with Gasteiger partial charge in [-0.3, -0.25) is 19.4 Å². The van der Waals surface area contributed by atoms with Crippen molar-refractivity contribution in [3.05, 3.63) is 60.2 Å². The van der Waals surface area contributed by atoms with E-state index in [0.29, 0.717) is 12.2 Å². The van der Waals surface area contributed by atoms with E-state index in [0.717, 1.165) is 11.3 Å². The van der Waals surface area contributed by atoms with E-state index in [-0.39, 0.29) is 17.7 Å². The zero-order chi connectivity index (χ0) is 18.9. The van der Waals surface area contributed by atoms with Gasteiger partial charge in [0.15, 0.2) is 0 Å². The molecule has 0 spiro atoms. The predicted octanol–water partition coefficient (Wildman–Crippen LogP) is 2.32. The van der Waals surface area contributed by atoms with Crippen LogP contribution in [-0.2, 0) is 14.4 Å². The minimum Gasteiger partial charge on any atom is -0.281 e. The average Bonchev–Trinajstić information content (AvgIpc) is 3.06. The van der Waals surface area contributed by atoms with Crippen molar-refractivity contribution < 1.29 is 14.4 Å². The molecule has 2 aromatic rings. The summed E-state index contributed by atoms with van der Waals surface area (Å²) in [5, 5.41) is 3.40. The van der Waals surface area contributed by atoms with E-state index in [9.17, 15) is 14.4 Å². The molecule has 2 unspecified atom stereocenters. The average molecular weight is 361 g/mol. The van der Waals surface area contributed by atoms with Gasteiger partial charge in [-0.1, -0.05) is 36.4 Å². The van der Waals surface area contributed by atoms with Gasteiger partial charge in [0.1, 0.15) is 6.04 Å². The first-order valence-electron chi connectivity index (χ1n) is 9.05. The van der Waals surface area contributed by atoms with Crippen molar-refractivity contribution in [1.82, 2.24) is 5.01 Å². The van der Waals surface area contributed by atoms with Gasteiger partial charge in [0.2, 0.25) is 11.8 Å². The number of hydrogen-bond donors (Lipinski definition) is 0. The Morgan fingerprint density at radius 3 is 2.30 bits per heavy atom. The minimum absolute atomic E-state index is 0.122. The highest BCUT2D eigenvalue weighted by Gasteiger charge is 2.61. The molecule has 2 fully saturated rings. The lowest BCUT2D eigenvalue weighted by Crippen LogP contribution is -2.55. The first-order chi connectivity index (χ1) is 12.9. The van der Waals surface area contributed by atoms with Crippen LogP contribution in [-0.4, -0.2) is 35.3 Å². The summed E-state index contributed by atoms with van der Waals surface area (Å²) < 4.78 is 0. The van der Waals surface area contributed by atoms with Crippen molar-refractivity contribution in [3.8, 4) is 0 Å². The molecular weight excluding hydrogens is 342 g/mol. The molecule has 3 aliphatic heterocycles. The molecule has 0 aliphatic carbocycles. The summed E-state index contributed by atoms with van der Waals surface area (Å²) in [6, 6.07) is 15.6. The van der Waals surface area contributed by atoms with Crippen LogP contribution < -0.4 is 9.91 Å². The Labute approximate surface area is 156 Å². The maximum Gasteiger partial charge on any atom is 0.259 e. The lowest BCUT2D eigenvalue weighted by atomic mass is 9.89. The molecule has 3 amide bonds. The Kier molecular flexibility index (Phi) is 3.09. The second-order valence-electron chi connectivity index (χ2n) is 7.92. The van der Waals surface area contributed by atoms with Gasteiger partial charge >= 0.3 is 0 Å². The predicted molar refractivity (Wildman–Crippen MR) is 99.9 cm³/mol. The van der Waals surface area contributed by atoms with E-state index in [1.165, 1.54) is 9.91 Å². The van der Waals surface area contributed by atoms with Crippen LogP contribution in [0.3, 0.4) is 0 Å². The Bertz CT molecular complexity index is 985. The molecule has 3 heterocycles. The highest BCUT2D eigenvalue weighted by molar-refractivity contribution is 6.26. The first kappa shape index (κ1) is 16.1. The minimum atomic E-state index is -0.832. The molecule has 2 atom stereocenters. The van der Waals surface area contributed by atoms with Gasteiger partial charge in [-0.25, -0.2) is 9.91 Å². The summed E-state index contributed by atoms with van der Waals surface area (Å²) in [4.78, 5) is 41.0. The smallest absolute Gasteiger partial charge is 0.259 e. The number of carbonyl (C=O) groups excluding carboxylic acids is 3. The molecule has 136 valence electrons. The van der Waals surface area contributed by atoms with Crippen molar-refractivity contribution >= 4 is 29.1 Å². The molecule has 5 rings (SSSR count). The molecule has 2 aromatic carbocycles. The SMILES string of the molecule is CC1(C)CN2c3ccccc3C3C(=O)N(c4ccccc4)C(=O)C3N2C1=O. The van der Waals surface area contributed by atoms with Gasteiger partial charge < -0.3 is 0 Å². The molecule has 6 heteroatoms. The van der Waals surface area contributed by atoms with Crippen LogP contribution in [0, 0.1) is 5.41 Å². The lowest BCUT2D eigenvalue weighted by molar-refractivity contribution is -0.141. The van der Waals surface area contributed by atoms with Crippen molar-refractivity contribution in [2.24, 2.45) is 5.41 Å². The third-order valence-corrected chi connectivity index (χ3v) is 5.70. The maximum absolute atomic E-state index is 13.3. The Balaban J connectivity index is 1.71. The largest absolute Gasteiger partial charge is 0.281 e. The fourth-order valence-corrected chi connectivity index (χ4v) is 4.44. The topological polar surface area (TPSA) is 60.9 Å². The molecule has 0 radical (unpaired) electrons. The Morgan fingerprint density at radius 2 is 1.56 bits per heavy atom. The van der Waals surface area contributed by atoms with E-state index in [4.69, 9.17) is 0 Å². The van der Waals surface area contributed by atoms with Crippen molar-refractivity contribution in [2.75, 3.05) is 16.5 Å². The highest BCUT2D eigenvalue weighted by Crippen LogP contribution is 2.49. The standard InChI is InChI=1S/C21H19N3O3/c1-21(2)12-22-15-11-7-6-10-14(15)16-17(24(22)20(21)27)19(26)23(18(16)25)13-8-4-3-5-9-13/h3-11,16-17H,12H2,1-2H3. The molecular formula is C21H19N3O3. The lowest BCUT2D eigenvalue weighted by Gasteiger charge is -2.41. The van der Waals surface area contributed by atoms with Crippen molar-refractivity contribution in [1.29, 1.82) is 0 Å². The number of hydrazine groups is 1. The van der Waals surface area contributed by atoms with Crippen LogP contribution in [0.1, 0.15) is 25.3 Å². The quantitative estimate of drug-likeness (QED) is 0.732. The Morgan fingerprint density at radius 1 is 0.889 bits per heavy atom. The third-order valence-electron chi connectivity index (χ3n) is 5.70. The number of carbonyl (C=O) groups is 3. The maximum atomic E-state index is 13.3. The summed E-state index contributed by atoms with van der Waals surface area (Å²) in [6.45, 7) is 4.24. The second-order valence-corrected chi connectivity index (χ2v) is 7.92. The Hall–Kier alpha value is -3.15. The number of hydrogen-bond acceptors (Lipinski definition) is 4. The summed E-state index contributed by atoms with van der Waals surface area (Å²) in [5.74, 6) is -1.42. The van der Waals surface area contributed by atoms with Gasteiger partial charge in [0.05, 0.1) is 29.3 Å². The number of nitrogens with zero attached hydrogens (tertiary/aromatic N) is 3. The van der Waals surface area contributed by atoms with Crippen LogP contribution in [0.15, 0.2) is 54.6 Å². The van der Waals surface area contributed by atoms with Gasteiger partial charge in [-0.15, -0.1) is 0 Å². The number of para-hydroxylation sites is 2. The monoisotopic (exact) mass is 361 g/mol. The molecule has 27 heavy (non-hydrogen) atoms. The fourth-order valence-electron chi connectivity index (χ4n) is 4.44. The number of amides is 3. The number of anilines is 2.